The Hall–Kier alpha value is -4.60. The van der Waals surface area contributed by atoms with E-state index in [4.69, 9.17) is 27.9 Å². The highest BCUT2D eigenvalue weighted by Gasteiger charge is 2.60. The van der Waals surface area contributed by atoms with E-state index in [9.17, 15) is 33.0 Å². The Balaban J connectivity index is 1.76. The van der Waals surface area contributed by atoms with Crippen molar-refractivity contribution in [2.45, 2.75) is 55.5 Å². The minimum Gasteiger partial charge on any atom is -0.495 e. The van der Waals surface area contributed by atoms with Crippen LogP contribution in [0.2, 0.25) is 10.0 Å². The summed E-state index contributed by atoms with van der Waals surface area (Å²) in [5, 5.41) is 24.6. The van der Waals surface area contributed by atoms with Gasteiger partial charge in [-0.2, -0.15) is 0 Å². The van der Waals surface area contributed by atoms with Crippen molar-refractivity contribution < 1.29 is 46.5 Å². The van der Waals surface area contributed by atoms with Gasteiger partial charge in [0.05, 0.1) is 39.9 Å². The molecule has 5 N–H and O–H groups in total. The second-order valence-electron chi connectivity index (χ2n) is 14.1. The maximum absolute atomic E-state index is 16.5. The van der Waals surface area contributed by atoms with Gasteiger partial charge >= 0.3 is 11.9 Å². The van der Waals surface area contributed by atoms with Gasteiger partial charge in [0.15, 0.2) is 0 Å². The van der Waals surface area contributed by atoms with Gasteiger partial charge in [0.25, 0.3) is 0 Å². The highest BCUT2D eigenvalue weighted by atomic mass is 35.5. The normalized spacial score (nSPS) is 20.0. The van der Waals surface area contributed by atoms with Crippen LogP contribution in [-0.4, -0.2) is 62.2 Å². The van der Waals surface area contributed by atoms with E-state index < -0.39 is 74.9 Å². The molecule has 1 aliphatic heterocycles. The van der Waals surface area contributed by atoms with Gasteiger partial charge in [-0.15, -0.1) is 0 Å². The Kier molecular flexibility index (Phi) is 11.7. The third kappa shape index (κ3) is 8.22. The van der Waals surface area contributed by atoms with Crippen LogP contribution in [0.4, 0.5) is 14.5 Å². The summed E-state index contributed by atoms with van der Waals surface area (Å²) in [5.41, 5.74) is -2.74. The molecule has 0 spiro atoms. The molecule has 4 atom stereocenters. The Bertz CT molecular complexity index is 2220. The van der Waals surface area contributed by atoms with Crippen LogP contribution < -0.4 is 20.1 Å². The molecule has 5 rings (SSSR count). The first-order valence-electron chi connectivity index (χ1n) is 16.5. The highest BCUT2D eigenvalue weighted by Crippen LogP contribution is 2.53. The molecule has 0 radical (unpaired) electrons. The number of amides is 1. The number of carboxylic acids is 2. The molecule has 1 saturated heterocycles. The quantitative estimate of drug-likeness (QED) is 0.100. The molecule has 286 valence electrons. The number of carboxylic acid groups (broad SMARTS) is 2. The zero-order valence-corrected chi connectivity index (χ0v) is 31.7. The average Bonchev–Trinajstić information content (AvgIpc) is 3.41. The molecule has 0 aromatic heterocycles. The fourth-order valence-electron chi connectivity index (χ4n) is 7.04. The van der Waals surface area contributed by atoms with Gasteiger partial charge < -0.3 is 25.6 Å². The van der Waals surface area contributed by atoms with Crippen LogP contribution in [0.25, 0.3) is 0 Å². The largest absolute Gasteiger partial charge is 0.495 e. The average molecular weight is 805 g/mol. The summed E-state index contributed by atoms with van der Waals surface area (Å²) >= 11 is 12.5. The first-order valence-corrected chi connectivity index (χ1v) is 18.7. The zero-order valence-electron chi connectivity index (χ0n) is 29.4. The second kappa shape index (κ2) is 15.6. The molecule has 1 aliphatic rings. The number of aromatic carboxylic acids is 2. The van der Waals surface area contributed by atoms with E-state index >= 15 is 8.78 Å². The molecular weight excluding hydrogens is 767 g/mol. The zero-order chi connectivity index (χ0) is 39.7. The van der Waals surface area contributed by atoms with Gasteiger partial charge in [-0.1, -0.05) is 62.2 Å². The summed E-state index contributed by atoms with van der Waals surface area (Å²) in [6.07, 6.45) is 0.198. The van der Waals surface area contributed by atoms with Gasteiger partial charge in [0, 0.05) is 28.9 Å². The number of methoxy groups -OCH3 is 1. The number of nitrogens with one attached hydrogen (secondary N) is 3. The SMILES string of the molecule is COc1cc(C(=O)O)ccc1NC(=O)[C@@H]1N[C@@H](CC(C)(C)C)[C@](CNS(=O)(=O)c2ccc(C(=O)O)cc2)(c2ccc(Cl)cc2F)[C@H]1c1cccc(Cl)c1F. The minimum atomic E-state index is -4.46. The van der Waals surface area contributed by atoms with Crippen LogP contribution in [0.1, 0.15) is 65.0 Å². The molecule has 4 aromatic rings. The number of carbonyl (C=O) groups excluding carboxylic acids is 1. The molecule has 1 amide bonds. The van der Waals surface area contributed by atoms with Gasteiger partial charge in [0.1, 0.15) is 17.4 Å². The van der Waals surface area contributed by atoms with Crippen molar-refractivity contribution in [1.29, 1.82) is 0 Å². The molecule has 1 fully saturated rings. The van der Waals surface area contributed by atoms with Gasteiger partial charge in [-0.05, 0) is 83.6 Å². The standard InChI is InChI=1S/C38H37Cl2F2N3O8S/c1-37(2,3)18-30-38(25-14-11-22(39)17-27(25)41,19-43-54(51,52)23-12-8-20(9-13-23)35(47)48)31(24-6-5-7-26(40)32(24)42)33(45-30)34(46)44-28-15-10-21(36(49)50)16-29(28)53-4/h5-17,30-31,33,43,45H,18-19H2,1-4H3,(H,44,46)(H,47,48)(H,49,50)/t30-,31-,33+,38-/m0/s1. The number of rotatable bonds is 12. The van der Waals surface area contributed by atoms with E-state index in [-0.39, 0.29) is 55.1 Å². The van der Waals surface area contributed by atoms with Crippen molar-refractivity contribution in [2.75, 3.05) is 19.0 Å². The number of benzene rings is 4. The van der Waals surface area contributed by atoms with Crippen LogP contribution in [-0.2, 0) is 20.2 Å². The lowest BCUT2D eigenvalue weighted by molar-refractivity contribution is -0.118. The summed E-state index contributed by atoms with van der Waals surface area (Å²) in [7, 11) is -3.18. The molecular formula is C38H37Cl2F2N3O8S. The topological polar surface area (TPSA) is 171 Å². The smallest absolute Gasteiger partial charge is 0.335 e. The third-order valence-corrected chi connectivity index (χ3v) is 11.4. The van der Waals surface area contributed by atoms with E-state index in [1.165, 1.54) is 55.6 Å². The summed E-state index contributed by atoms with van der Waals surface area (Å²) in [6.45, 7) is 5.08. The molecule has 0 aliphatic carbocycles. The number of carbonyl (C=O) groups is 3. The van der Waals surface area contributed by atoms with E-state index in [0.717, 1.165) is 30.3 Å². The van der Waals surface area contributed by atoms with E-state index in [1.54, 1.807) is 0 Å². The molecule has 16 heteroatoms. The van der Waals surface area contributed by atoms with Crippen molar-refractivity contribution >= 4 is 56.8 Å². The fourth-order valence-corrected chi connectivity index (χ4v) is 8.47. The maximum Gasteiger partial charge on any atom is 0.335 e. The Labute approximate surface area is 320 Å². The number of anilines is 1. The molecule has 0 unspecified atom stereocenters. The molecule has 54 heavy (non-hydrogen) atoms. The monoisotopic (exact) mass is 803 g/mol. The number of hydrogen-bond acceptors (Lipinski definition) is 7. The number of ether oxygens (including phenoxy) is 1. The molecule has 0 saturated carbocycles. The summed E-state index contributed by atoms with van der Waals surface area (Å²) in [6, 6.07) is 13.9. The second-order valence-corrected chi connectivity index (χ2v) is 16.7. The molecule has 4 aromatic carbocycles. The fraction of sp³-hybridized carbons (Fsp3) is 0.289. The number of halogens is 4. The predicted molar refractivity (Wildman–Crippen MR) is 199 cm³/mol. The van der Waals surface area contributed by atoms with Crippen molar-refractivity contribution in [1.82, 2.24) is 10.0 Å². The molecule has 0 bridgehead atoms. The Morgan fingerprint density at radius 2 is 1.57 bits per heavy atom. The lowest BCUT2D eigenvalue weighted by Gasteiger charge is -2.43. The lowest BCUT2D eigenvalue weighted by atomic mass is 9.61. The van der Waals surface area contributed by atoms with E-state index in [2.05, 4.69) is 15.4 Å². The van der Waals surface area contributed by atoms with Crippen LogP contribution in [0, 0.1) is 17.0 Å². The van der Waals surface area contributed by atoms with Crippen LogP contribution in [0.15, 0.2) is 83.8 Å². The first kappa shape index (κ1) is 40.6. The number of sulfonamides is 1. The van der Waals surface area contributed by atoms with Gasteiger partial charge in [-0.25, -0.2) is 31.5 Å². The van der Waals surface area contributed by atoms with Crippen molar-refractivity contribution in [2.24, 2.45) is 5.41 Å². The molecule has 11 nitrogen and oxygen atoms in total. The van der Waals surface area contributed by atoms with Crippen LogP contribution in [0.3, 0.4) is 0 Å². The van der Waals surface area contributed by atoms with Crippen LogP contribution >= 0.6 is 23.2 Å². The maximum atomic E-state index is 16.5. The van der Waals surface area contributed by atoms with Crippen molar-refractivity contribution in [3.63, 3.8) is 0 Å². The Morgan fingerprint density at radius 1 is 0.926 bits per heavy atom. The minimum absolute atomic E-state index is 0.00894. The van der Waals surface area contributed by atoms with E-state index in [0.29, 0.717) is 0 Å². The van der Waals surface area contributed by atoms with E-state index in [1.807, 2.05) is 20.8 Å². The van der Waals surface area contributed by atoms with Crippen molar-refractivity contribution in [3.8, 4) is 5.75 Å². The highest BCUT2D eigenvalue weighted by molar-refractivity contribution is 7.89. The predicted octanol–water partition coefficient (Wildman–Crippen LogP) is 7.09. The van der Waals surface area contributed by atoms with Gasteiger partial charge in [0.2, 0.25) is 15.9 Å². The number of hydrogen-bond donors (Lipinski definition) is 5. The van der Waals surface area contributed by atoms with Crippen molar-refractivity contribution in [3.05, 3.63) is 123 Å². The summed E-state index contributed by atoms with van der Waals surface area (Å²) in [5.74, 6) is -6.40. The lowest BCUT2D eigenvalue weighted by Crippen LogP contribution is -2.52. The first-order chi connectivity index (χ1) is 25.3. The third-order valence-electron chi connectivity index (χ3n) is 9.41. The van der Waals surface area contributed by atoms with Gasteiger partial charge in [-0.3, -0.25) is 4.79 Å². The van der Waals surface area contributed by atoms with Crippen LogP contribution in [0.5, 0.6) is 5.75 Å². The molecule has 1 heterocycles. The summed E-state index contributed by atoms with van der Waals surface area (Å²) < 4.78 is 68.7. The summed E-state index contributed by atoms with van der Waals surface area (Å²) in [4.78, 5) is 37.3. The Morgan fingerprint density at radius 3 is 2.17 bits per heavy atom.